The van der Waals surface area contributed by atoms with Crippen LogP contribution in [0, 0.1) is 0 Å². The molecule has 0 saturated carbocycles. The Morgan fingerprint density at radius 2 is 2.11 bits per heavy atom. The van der Waals surface area contributed by atoms with Crippen LogP contribution < -0.4 is 5.69 Å². The van der Waals surface area contributed by atoms with Crippen LogP contribution in [0.25, 0.3) is 11.2 Å². The molecule has 9 heteroatoms. The summed E-state index contributed by atoms with van der Waals surface area (Å²) in [6, 6.07) is 1.64. The number of aromatic nitrogens is 3. The lowest BCUT2D eigenvalue weighted by Gasteiger charge is -2.32. The van der Waals surface area contributed by atoms with Gasteiger partial charge in [-0.1, -0.05) is 0 Å². The number of nitrogens with zero attached hydrogens (tertiary/aromatic N) is 4. The highest BCUT2D eigenvalue weighted by Gasteiger charge is 2.22. The molecule has 0 aliphatic carbocycles. The van der Waals surface area contributed by atoms with Crippen LogP contribution in [0.15, 0.2) is 17.1 Å². The summed E-state index contributed by atoms with van der Waals surface area (Å²) in [4.78, 5) is 30.9. The van der Waals surface area contributed by atoms with E-state index in [1.807, 2.05) is 6.92 Å². The first-order chi connectivity index (χ1) is 13.0. The first-order valence-electron chi connectivity index (χ1n) is 9.24. The molecule has 0 bridgehead atoms. The normalized spacial score (nSPS) is 16.7. The number of carboxylic acids is 1. The van der Waals surface area contributed by atoms with E-state index >= 15 is 0 Å². The van der Waals surface area contributed by atoms with E-state index in [-0.39, 0.29) is 17.3 Å². The van der Waals surface area contributed by atoms with Crippen LogP contribution >= 0.6 is 0 Å². The van der Waals surface area contributed by atoms with Crippen molar-refractivity contribution in [2.45, 2.75) is 33.0 Å². The van der Waals surface area contributed by atoms with Gasteiger partial charge in [0.05, 0.1) is 37.4 Å². The molecule has 1 fully saturated rings. The van der Waals surface area contributed by atoms with E-state index in [0.717, 1.165) is 13.1 Å². The maximum absolute atomic E-state index is 13.0. The van der Waals surface area contributed by atoms with Crippen molar-refractivity contribution in [3.05, 3.63) is 28.3 Å². The monoisotopic (exact) mass is 378 g/mol. The molecule has 1 aliphatic heterocycles. The van der Waals surface area contributed by atoms with Crippen LogP contribution in [0.3, 0.4) is 0 Å². The van der Waals surface area contributed by atoms with E-state index < -0.39 is 5.97 Å². The number of imidazole rings is 1. The predicted octanol–water partition coefficient (Wildman–Crippen LogP) is 0.653. The third-order valence-corrected chi connectivity index (χ3v) is 4.88. The van der Waals surface area contributed by atoms with Gasteiger partial charge in [0.1, 0.15) is 0 Å². The minimum atomic E-state index is -1.06. The van der Waals surface area contributed by atoms with Crippen molar-refractivity contribution >= 4 is 17.1 Å². The number of carbonyl (C=O) groups is 1. The number of morpholine rings is 1. The van der Waals surface area contributed by atoms with Crippen molar-refractivity contribution in [3.63, 3.8) is 0 Å². The number of ether oxygens (including phenoxy) is 2. The van der Waals surface area contributed by atoms with Crippen molar-refractivity contribution in [2.75, 3.05) is 39.5 Å². The molecule has 0 radical (unpaired) electrons. The molecule has 1 N–H and O–H groups in total. The van der Waals surface area contributed by atoms with Gasteiger partial charge in [-0.3, -0.25) is 14.0 Å². The second-order valence-corrected chi connectivity index (χ2v) is 6.61. The molecule has 27 heavy (non-hydrogen) atoms. The van der Waals surface area contributed by atoms with Gasteiger partial charge in [0.2, 0.25) is 0 Å². The summed E-state index contributed by atoms with van der Waals surface area (Å²) in [5.41, 5.74) is 0.896. The number of aromatic carboxylic acids is 1. The lowest BCUT2D eigenvalue weighted by atomic mass is 10.2. The predicted molar refractivity (Wildman–Crippen MR) is 99.3 cm³/mol. The van der Waals surface area contributed by atoms with Crippen LogP contribution in [0.2, 0.25) is 0 Å². The zero-order valence-corrected chi connectivity index (χ0v) is 15.8. The minimum Gasteiger partial charge on any atom is -0.478 e. The van der Waals surface area contributed by atoms with Crippen molar-refractivity contribution in [1.29, 1.82) is 0 Å². The summed E-state index contributed by atoms with van der Waals surface area (Å²) >= 11 is 0. The maximum atomic E-state index is 13.0. The van der Waals surface area contributed by atoms with Crippen molar-refractivity contribution in [3.8, 4) is 0 Å². The minimum absolute atomic E-state index is 0.0669. The maximum Gasteiger partial charge on any atom is 0.337 e. The van der Waals surface area contributed by atoms with Gasteiger partial charge in [0.25, 0.3) is 0 Å². The van der Waals surface area contributed by atoms with Gasteiger partial charge < -0.3 is 14.6 Å². The average Bonchev–Trinajstić information content (AvgIpc) is 2.94. The zero-order chi connectivity index (χ0) is 19.4. The number of carboxylic acid groups (broad SMARTS) is 1. The first-order valence-corrected chi connectivity index (χ1v) is 9.24. The molecule has 2 aromatic rings. The van der Waals surface area contributed by atoms with Crippen LogP contribution in [-0.2, 0) is 22.6 Å². The topological polar surface area (TPSA) is 98.8 Å². The summed E-state index contributed by atoms with van der Waals surface area (Å²) in [5.74, 6) is -1.06. The molecule has 0 unspecified atom stereocenters. The van der Waals surface area contributed by atoms with E-state index in [2.05, 4.69) is 16.8 Å². The standard InChI is InChI=1S/C18H26N4O5/c1-3-26-9-6-21-16-15(10-14(11-19-16)17(23)24)22(18(21)25)12-13(2)20-4-7-27-8-5-20/h10-11,13H,3-9,12H2,1-2H3,(H,23,24)/t13-/m1/s1. The molecule has 9 nitrogen and oxygen atoms in total. The van der Waals surface area contributed by atoms with E-state index in [4.69, 9.17) is 9.47 Å². The molecule has 1 atom stereocenters. The fourth-order valence-corrected chi connectivity index (χ4v) is 3.38. The molecule has 0 aromatic carbocycles. The number of hydrogen-bond donors (Lipinski definition) is 1. The van der Waals surface area contributed by atoms with Crippen LogP contribution in [0.5, 0.6) is 0 Å². The molecule has 3 heterocycles. The number of rotatable bonds is 8. The molecule has 3 rings (SSSR count). The molecule has 0 spiro atoms. The Hall–Kier alpha value is -2.23. The molecule has 0 amide bonds. The van der Waals surface area contributed by atoms with Gasteiger partial charge in [-0.05, 0) is 19.9 Å². The van der Waals surface area contributed by atoms with Crippen molar-refractivity contribution < 1.29 is 19.4 Å². The van der Waals surface area contributed by atoms with E-state index in [9.17, 15) is 14.7 Å². The van der Waals surface area contributed by atoms with E-state index in [0.29, 0.717) is 50.7 Å². The molecule has 1 aliphatic rings. The molecular weight excluding hydrogens is 352 g/mol. The number of hydrogen-bond acceptors (Lipinski definition) is 6. The molecular formula is C18H26N4O5. The van der Waals surface area contributed by atoms with Crippen LogP contribution in [0.1, 0.15) is 24.2 Å². The van der Waals surface area contributed by atoms with Gasteiger partial charge >= 0.3 is 11.7 Å². The SMILES string of the molecule is CCOCCn1c(=O)n(C[C@@H](C)N2CCOCC2)c2cc(C(=O)O)cnc21. The highest BCUT2D eigenvalue weighted by Crippen LogP contribution is 2.15. The zero-order valence-electron chi connectivity index (χ0n) is 15.8. The summed E-state index contributed by atoms with van der Waals surface area (Å²) in [7, 11) is 0. The van der Waals surface area contributed by atoms with Crippen LogP contribution in [0.4, 0.5) is 0 Å². The Morgan fingerprint density at radius 3 is 2.78 bits per heavy atom. The van der Waals surface area contributed by atoms with E-state index in [1.54, 1.807) is 9.13 Å². The second-order valence-electron chi connectivity index (χ2n) is 6.61. The van der Waals surface area contributed by atoms with Gasteiger partial charge in [-0.25, -0.2) is 14.6 Å². The smallest absolute Gasteiger partial charge is 0.337 e. The Balaban J connectivity index is 1.97. The van der Waals surface area contributed by atoms with Gasteiger partial charge in [-0.2, -0.15) is 0 Å². The Morgan fingerprint density at radius 1 is 1.37 bits per heavy atom. The third kappa shape index (κ3) is 4.20. The lowest BCUT2D eigenvalue weighted by molar-refractivity contribution is 0.0169. The Kier molecular flexibility index (Phi) is 6.25. The number of fused-ring (bicyclic) bond motifs is 1. The Bertz CT molecular complexity index is 853. The summed E-state index contributed by atoms with van der Waals surface area (Å²) in [5, 5.41) is 9.29. The highest BCUT2D eigenvalue weighted by atomic mass is 16.5. The quantitative estimate of drug-likeness (QED) is 0.674. The van der Waals surface area contributed by atoms with Crippen LogP contribution in [-0.4, -0.2) is 75.7 Å². The highest BCUT2D eigenvalue weighted by molar-refractivity contribution is 5.90. The van der Waals surface area contributed by atoms with Crippen molar-refractivity contribution in [1.82, 2.24) is 19.0 Å². The number of pyridine rings is 1. The van der Waals surface area contributed by atoms with Gasteiger partial charge in [-0.15, -0.1) is 0 Å². The van der Waals surface area contributed by atoms with E-state index in [1.165, 1.54) is 12.3 Å². The summed E-state index contributed by atoms with van der Waals surface area (Å²) in [6.07, 6.45) is 1.29. The Labute approximate surface area is 157 Å². The van der Waals surface area contributed by atoms with Crippen molar-refractivity contribution in [2.24, 2.45) is 0 Å². The molecule has 2 aromatic heterocycles. The summed E-state index contributed by atoms with van der Waals surface area (Å²) < 4.78 is 14.0. The fraction of sp³-hybridized carbons (Fsp3) is 0.611. The third-order valence-electron chi connectivity index (χ3n) is 4.88. The van der Waals surface area contributed by atoms with Gasteiger partial charge in [0, 0.05) is 38.5 Å². The molecule has 1 saturated heterocycles. The average molecular weight is 378 g/mol. The fourth-order valence-electron chi connectivity index (χ4n) is 3.38. The largest absolute Gasteiger partial charge is 0.478 e. The van der Waals surface area contributed by atoms with Gasteiger partial charge in [0.15, 0.2) is 5.65 Å². The first kappa shape index (κ1) is 19.5. The lowest BCUT2D eigenvalue weighted by Crippen LogP contribution is -2.45. The molecule has 148 valence electrons. The summed E-state index contributed by atoms with van der Waals surface area (Å²) in [6.45, 7) is 8.76. The second kappa shape index (κ2) is 8.64.